The molecule has 1 amide bonds. The van der Waals surface area contributed by atoms with Gasteiger partial charge in [-0.15, -0.1) is 22.7 Å². The molecular formula is C17H14F3N3OS2. The summed E-state index contributed by atoms with van der Waals surface area (Å²) in [5.74, 6) is -0.508. The molecule has 1 unspecified atom stereocenters. The number of aromatic nitrogens is 1. The molecule has 0 aliphatic carbocycles. The van der Waals surface area contributed by atoms with Crippen molar-refractivity contribution >= 4 is 38.8 Å². The van der Waals surface area contributed by atoms with Gasteiger partial charge in [0, 0.05) is 21.9 Å². The molecule has 4 rings (SSSR count). The molecule has 1 atom stereocenters. The number of para-hydroxylation sites is 1. The summed E-state index contributed by atoms with van der Waals surface area (Å²) < 4.78 is 40.6. The number of primary amides is 1. The van der Waals surface area contributed by atoms with E-state index in [1.807, 2.05) is 24.3 Å². The molecule has 3 heterocycles. The topological polar surface area (TPSA) is 68.0 Å². The Kier molecular flexibility index (Phi) is 4.25. The normalized spacial score (nSPS) is 17.4. The highest BCUT2D eigenvalue weighted by molar-refractivity contribution is 7.22. The van der Waals surface area contributed by atoms with Crippen LogP contribution in [0.5, 0.6) is 0 Å². The third kappa shape index (κ3) is 3.10. The van der Waals surface area contributed by atoms with Gasteiger partial charge in [-0.25, -0.2) is 4.98 Å². The van der Waals surface area contributed by atoms with Gasteiger partial charge in [0.25, 0.3) is 0 Å². The van der Waals surface area contributed by atoms with Crippen molar-refractivity contribution in [1.82, 2.24) is 10.3 Å². The average molecular weight is 397 g/mol. The van der Waals surface area contributed by atoms with Gasteiger partial charge in [0.2, 0.25) is 5.91 Å². The van der Waals surface area contributed by atoms with Crippen LogP contribution >= 0.6 is 22.7 Å². The van der Waals surface area contributed by atoms with E-state index in [1.165, 1.54) is 22.7 Å². The molecule has 4 nitrogen and oxygen atoms in total. The fraction of sp³-hybridized carbons (Fsp3) is 0.294. The Morgan fingerprint density at radius 2 is 2.08 bits per heavy atom. The van der Waals surface area contributed by atoms with Crippen molar-refractivity contribution in [2.75, 3.05) is 0 Å². The summed E-state index contributed by atoms with van der Waals surface area (Å²) in [6, 6.07) is 5.94. The molecule has 1 aliphatic heterocycles. The smallest absolute Gasteiger partial charge is 0.369 e. The molecule has 0 bridgehead atoms. The second kappa shape index (κ2) is 6.33. The first kappa shape index (κ1) is 17.4. The average Bonchev–Trinajstić information content (AvgIpc) is 3.12. The third-order valence-corrected chi connectivity index (χ3v) is 6.60. The maximum Gasteiger partial charge on any atom is 0.404 e. The fourth-order valence-electron chi connectivity index (χ4n) is 3.16. The summed E-state index contributed by atoms with van der Waals surface area (Å²) in [6.45, 7) is 0.126. The lowest BCUT2D eigenvalue weighted by Crippen LogP contribution is -2.46. The van der Waals surface area contributed by atoms with E-state index in [-0.39, 0.29) is 19.4 Å². The maximum atomic E-state index is 13.2. The van der Waals surface area contributed by atoms with Gasteiger partial charge >= 0.3 is 6.18 Å². The van der Waals surface area contributed by atoms with E-state index in [0.717, 1.165) is 15.1 Å². The number of thiazole rings is 1. The van der Waals surface area contributed by atoms with Crippen LogP contribution in [0.1, 0.15) is 15.3 Å². The number of amides is 1. The first-order valence-electron chi connectivity index (χ1n) is 7.90. The van der Waals surface area contributed by atoms with Gasteiger partial charge in [-0.05, 0) is 24.1 Å². The molecule has 0 radical (unpaired) electrons. The molecular weight excluding hydrogens is 383 g/mol. The fourth-order valence-corrected chi connectivity index (χ4v) is 5.59. The molecule has 0 saturated carbocycles. The molecule has 136 valence electrons. The van der Waals surface area contributed by atoms with Gasteiger partial charge in [-0.2, -0.15) is 13.2 Å². The summed E-state index contributed by atoms with van der Waals surface area (Å²) in [5.41, 5.74) is 7.43. The SMILES string of the molecule is NC(=O)Cc1sc2c(c1-c1nc3ccccc3s1)CC(C(F)(F)F)NC2. The van der Waals surface area contributed by atoms with E-state index < -0.39 is 18.1 Å². The summed E-state index contributed by atoms with van der Waals surface area (Å²) in [4.78, 5) is 17.6. The van der Waals surface area contributed by atoms with Gasteiger partial charge in [0.15, 0.2) is 0 Å². The highest BCUT2D eigenvalue weighted by Crippen LogP contribution is 2.43. The quantitative estimate of drug-likeness (QED) is 0.709. The Labute approximate surface area is 154 Å². The number of thiophene rings is 1. The van der Waals surface area contributed by atoms with Crippen molar-refractivity contribution < 1.29 is 18.0 Å². The van der Waals surface area contributed by atoms with Crippen molar-refractivity contribution in [2.24, 2.45) is 5.73 Å². The maximum absolute atomic E-state index is 13.2. The molecule has 0 spiro atoms. The minimum atomic E-state index is -4.33. The number of nitrogens with two attached hydrogens (primary N) is 1. The van der Waals surface area contributed by atoms with Crippen LogP contribution in [0.2, 0.25) is 0 Å². The third-order valence-electron chi connectivity index (χ3n) is 4.32. The molecule has 0 saturated heterocycles. The number of nitrogens with one attached hydrogen (secondary N) is 1. The summed E-state index contributed by atoms with van der Waals surface area (Å²) in [6.07, 6.45) is -4.49. The van der Waals surface area contributed by atoms with Crippen LogP contribution < -0.4 is 11.1 Å². The van der Waals surface area contributed by atoms with Crippen LogP contribution in [0.15, 0.2) is 24.3 Å². The first-order chi connectivity index (χ1) is 12.3. The largest absolute Gasteiger partial charge is 0.404 e. The summed E-state index contributed by atoms with van der Waals surface area (Å²) >= 11 is 2.76. The van der Waals surface area contributed by atoms with Crippen molar-refractivity contribution in [3.63, 3.8) is 0 Å². The predicted molar refractivity (Wildman–Crippen MR) is 96.2 cm³/mol. The Morgan fingerprint density at radius 1 is 1.31 bits per heavy atom. The number of fused-ring (bicyclic) bond motifs is 2. The van der Waals surface area contributed by atoms with Crippen molar-refractivity contribution in [3.05, 3.63) is 39.6 Å². The van der Waals surface area contributed by atoms with Crippen LogP contribution in [0.25, 0.3) is 20.8 Å². The number of carbonyl (C=O) groups excluding carboxylic acids is 1. The Bertz CT molecular complexity index is 960. The second-order valence-electron chi connectivity index (χ2n) is 6.11. The van der Waals surface area contributed by atoms with E-state index in [4.69, 9.17) is 5.73 Å². The summed E-state index contributed by atoms with van der Waals surface area (Å²) in [7, 11) is 0. The lowest BCUT2D eigenvalue weighted by atomic mass is 9.96. The number of alkyl halides is 3. The highest BCUT2D eigenvalue weighted by Gasteiger charge is 2.43. The first-order valence-corrected chi connectivity index (χ1v) is 9.54. The van der Waals surface area contributed by atoms with Crippen LogP contribution in [0.3, 0.4) is 0 Å². The zero-order valence-electron chi connectivity index (χ0n) is 13.4. The number of hydrogen-bond donors (Lipinski definition) is 2. The standard InChI is InChI=1S/C17H14F3N3OS2/c18-17(19,20)13-5-8-12(7-22-13)25-11(6-14(21)24)15(8)16-23-9-3-1-2-4-10(9)26-16/h1-4,13,22H,5-7H2,(H2,21,24). The van der Waals surface area contributed by atoms with Crippen LogP contribution in [0.4, 0.5) is 13.2 Å². The number of halogens is 3. The Morgan fingerprint density at radius 3 is 2.77 bits per heavy atom. The number of hydrogen-bond acceptors (Lipinski definition) is 5. The van der Waals surface area contributed by atoms with Gasteiger partial charge in [-0.1, -0.05) is 12.1 Å². The monoisotopic (exact) mass is 397 g/mol. The van der Waals surface area contributed by atoms with E-state index in [1.54, 1.807) is 0 Å². The predicted octanol–water partition coefficient (Wildman–Crippen LogP) is 3.63. The van der Waals surface area contributed by atoms with Crippen molar-refractivity contribution in [2.45, 2.75) is 31.6 Å². The molecule has 2 aromatic heterocycles. The van der Waals surface area contributed by atoms with Crippen LogP contribution in [-0.2, 0) is 24.2 Å². The van der Waals surface area contributed by atoms with E-state index in [9.17, 15) is 18.0 Å². The lowest BCUT2D eigenvalue weighted by molar-refractivity contribution is -0.157. The van der Waals surface area contributed by atoms with Gasteiger partial charge in [0.1, 0.15) is 11.0 Å². The van der Waals surface area contributed by atoms with E-state index in [2.05, 4.69) is 10.3 Å². The molecule has 26 heavy (non-hydrogen) atoms. The number of carbonyl (C=O) groups is 1. The van der Waals surface area contributed by atoms with E-state index >= 15 is 0 Å². The van der Waals surface area contributed by atoms with Gasteiger partial charge < -0.3 is 11.1 Å². The Hall–Kier alpha value is -1.97. The zero-order valence-corrected chi connectivity index (χ0v) is 15.0. The number of rotatable bonds is 3. The zero-order chi connectivity index (χ0) is 18.5. The van der Waals surface area contributed by atoms with Crippen LogP contribution in [-0.4, -0.2) is 23.1 Å². The summed E-state index contributed by atoms with van der Waals surface area (Å²) in [5, 5.41) is 3.18. The molecule has 3 aromatic rings. The van der Waals surface area contributed by atoms with Crippen molar-refractivity contribution in [1.29, 1.82) is 0 Å². The minimum Gasteiger partial charge on any atom is -0.369 e. The van der Waals surface area contributed by atoms with Crippen molar-refractivity contribution in [3.8, 4) is 10.6 Å². The highest BCUT2D eigenvalue weighted by atomic mass is 32.1. The van der Waals surface area contributed by atoms with Crippen LogP contribution in [0, 0.1) is 0 Å². The van der Waals surface area contributed by atoms with Gasteiger partial charge in [0.05, 0.1) is 16.6 Å². The number of nitrogens with zero attached hydrogens (tertiary/aromatic N) is 1. The molecule has 1 aromatic carbocycles. The second-order valence-corrected chi connectivity index (χ2v) is 8.33. The molecule has 3 N–H and O–H groups in total. The van der Waals surface area contributed by atoms with E-state index in [0.29, 0.717) is 21.0 Å². The molecule has 0 fully saturated rings. The number of benzene rings is 1. The molecule has 9 heteroatoms. The van der Waals surface area contributed by atoms with Gasteiger partial charge in [-0.3, -0.25) is 4.79 Å². The molecule has 1 aliphatic rings. The Balaban J connectivity index is 1.86. The lowest BCUT2D eigenvalue weighted by Gasteiger charge is -2.26. The minimum absolute atomic E-state index is 0.000387.